The molecule has 0 spiro atoms. The van der Waals surface area contributed by atoms with Crippen LogP contribution in [0.3, 0.4) is 0 Å². The Kier molecular flexibility index (Phi) is 7.51. The van der Waals surface area contributed by atoms with E-state index in [-0.39, 0.29) is 21.6 Å². The topological polar surface area (TPSA) is 102 Å². The van der Waals surface area contributed by atoms with Gasteiger partial charge in [0.15, 0.2) is 17.7 Å². The van der Waals surface area contributed by atoms with Gasteiger partial charge in [-0.3, -0.25) is 4.79 Å². The Balaban J connectivity index is 2.04. The Hall–Kier alpha value is -2.56. The fourth-order valence-electron chi connectivity index (χ4n) is 2.30. The number of esters is 1. The van der Waals surface area contributed by atoms with Gasteiger partial charge in [-0.25, -0.2) is 26.7 Å². The lowest BCUT2D eigenvalue weighted by atomic mass is 10.2. The first kappa shape index (κ1) is 23.7. The Morgan fingerprint density at radius 1 is 1.03 bits per heavy atom. The second kappa shape index (κ2) is 9.50. The second-order valence-corrected chi connectivity index (χ2v) is 8.70. The van der Waals surface area contributed by atoms with Crippen LogP contribution >= 0.6 is 11.6 Å². The number of ether oxygens (including phenoxy) is 1. The first-order chi connectivity index (χ1) is 13.9. The van der Waals surface area contributed by atoms with Gasteiger partial charge in [0.25, 0.3) is 5.91 Å². The van der Waals surface area contributed by atoms with E-state index in [1.807, 2.05) is 0 Å². The minimum Gasteiger partial charge on any atom is -0.449 e. The Bertz CT molecular complexity index is 1060. The van der Waals surface area contributed by atoms with Crippen LogP contribution in [0.4, 0.5) is 14.5 Å². The van der Waals surface area contributed by atoms with Gasteiger partial charge in [0, 0.05) is 11.7 Å². The van der Waals surface area contributed by atoms with Crippen LogP contribution in [0.5, 0.6) is 0 Å². The molecule has 30 heavy (non-hydrogen) atoms. The van der Waals surface area contributed by atoms with E-state index in [9.17, 15) is 26.8 Å². The number of sulfonamides is 1. The van der Waals surface area contributed by atoms with E-state index in [2.05, 4.69) is 10.0 Å². The molecule has 1 unspecified atom stereocenters. The van der Waals surface area contributed by atoms with Crippen LogP contribution in [0, 0.1) is 11.6 Å². The van der Waals surface area contributed by atoms with Crippen molar-refractivity contribution in [3.05, 3.63) is 58.6 Å². The molecule has 2 aromatic carbocycles. The van der Waals surface area contributed by atoms with Gasteiger partial charge in [0.1, 0.15) is 0 Å². The van der Waals surface area contributed by atoms with Crippen molar-refractivity contribution < 1.29 is 31.5 Å². The predicted molar refractivity (Wildman–Crippen MR) is 107 cm³/mol. The first-order valence-corrected chi connectivity index (χ1v) is 10.6. The fraction of sp³-hybridized carbons (Fsp3) is 0.263. The minimum absolute atomic E-state index is 0.0154. The Labute approximate surface area is 177 Å². The van der Waals surface area contributed by atoms with Gasteiger partial charge in [-0.1, -0.05) is 11.6 Å². The normalized spacial score (nSPS) is 12.5. The maximum Gasteiger partial charge on any atom is 0.340 e. The third-order valence-corrected chi connectivity index (χ3v) is 5.69. The summed E-state index contributed by atoms with van der Waals surface area (Å²) in [5, 5.41) is 2.09. The predicted octanol–water partition coefficient (Wildman–Crippen LogP) is 3.49. The van der Waals surface area contributed by atoms with Gasteiger partial charge in [-0.05, 0) is 57.2 Å². The maximum absolute atomic E-state index is 13.3. The number of anilines is 1. The van der Waals surface area contributed by atoms with E-state index in [0.29, 0.717) is 12.1 Å². The second-order valence-electron chi connectivity index (χ2n) is 6.58. The summed E-state index contributed by atoms with van der Waals surface area (Å²) in [5.41, 5.74) is -0.167. The minimum atomic E-state index is -3.68. The smallest absolute Gasteiger partial charge is 0.340 e. The van der Waals surface area contributed by atoms with Crippen LogP contribution < -0.4 is 10.0 Å². The molecule has 0 aliphatic rings. The zero-order valence-electron chi connectivity index (χ0n) is 16.2. The Morgan fingerprint density at radius 3 is 2.17 bits per heavy atom. The average Bonchev–Trinajstić information content (AvgIpc) is 2.63. The lowest BCUT2D eigenvalue weighted by molar-refractivity contribution is -0.123. The van der Waals surface area contributed by atoms with Crippen LogP contribution in [0.15, 0.2) is 41.3 Å². The SMILES string of the molecule is CC(C)NS(=O)(=O)c1ccc(NC(=O)C(C)OC(=O)c2cc(F)c(F)cc2Cl)cc1. The molecule has 7 nitrogen and oxygen atoms in total. The van der Waals surface area contributed by atoms with Crippen LogP contribution in [-0.2, 0) is 19.6 Å². The Morgan fingerprint density at radius 2 is 1.60 bits per heavy atom. The number of hydrogen-bond acceptors (Lipinski definition) is 5. The third-order valence-electron chi connectivity index (χ3n) is 3.71. The quantitative estimate of drug-likeness (QED) is 0.486. The molecule has 0 aromatic heterocycles. The van der Waals surface area contributed by atoms with Gasteiger partial charge in [-0.15, -0.1) is 0 Å². The number of rotatable bonds is 7. The molecule has 0 heterocycles. The highest BCUT2D eigenvalue weighted by molar-refractivity contribution is 7.89. The molecule has 0 saturated heterocycles. The van der Waals surface area contributed by atoms with Gasteiger partial charge in [0.05, 0.1) is 15.5 Å². The van der Waals surface area contributed by atoms with Crippen molar-refractivity contribution in [1.82, 2.24) is 4.72 Å². The summed E-state index contributed by atoms with van der Waals surface area (Å²) in [6.45, 7) is 4.64. The summed E-state index contributed by atoms with van der Waals surface area (Å²) in [4.78, 5) is 24.3. The molecule has 0 fully saturated rings. The monoisotopic (exact) mass is 460 g/mol. The van der Waals surface area contributed by atoms with Crippen molar-refractivity contribution >= 4 is 39.2 Å². The summed E-state index contributed by atoms with van der Waals surface area (Å²) < 4.78 is 58.0. The fourth-order valence-corrected chi connectivity index (χ4v) is 3.77. The molecule has 1 amide bonds. The molecule has 0 saturated carbocycles. The van der Waals surface area contributed by atoms with E-state index in [1.54, 1.807) is 13.8 Å². The lowest BCUT2D eigenvalue weighted by Crippen LogP contribution is -2.31. The van der Waals surface area contributed by atoms with E-state index < -0.39 is 45.2 Å². The molecule has 0 aliphatic carbocycles. The largest absolute Gasteiger partial charge is 0.449 e. The van der Waals surface area contributed by atoms with Crippen molar-refractivity contribution in [2.75, 3.05) is 5.32 Å². The summed E-state index contributed by atoms with van der Waals surface area (Å²) in [7, 11) is -3.68. The summed E-state index contributed by atoms with van der Waals surface area (Å²) in [6, 6.07) is 6.27. The molecule has 2 aromatic rings. The van der Waals surface area contributed by atoms with Gasteiger partial charge in [0.2, 0.25) is 10.0 Å². The molecule has 2 N–H and O–H groups in total. The molecule has 11 heteroatoms. The summed E-state index contributed by atoms with van der Waals surface area (Å²) >= 11 is 5.71. The van der Waals surface area contributed by atoms with E-state index in [0.717, 1.165) is 0 Å². The highest BCUT2D eigenvalue weighted by Gasteiger charge is 2.23. The highest BCUT2D eigenvalue weighted by atomic mass is 35.5. The summed E-state index contributed by atoms with van der Waals surface area (Å²) in [5.74, 6) is -4.34. The highest BCUT2D eigenvalue weighted by Crippen LogP contribution is 2.21. The zero-order chi connectivity index (χ0) is 22.6. The van der Waals surface area contributed by atoms with E-state index >= 15 is 0 Å². The summed E-state index contributed by atoms with van der Waals surface area (Å²) in [6.07, 6.45) is -1.30. The number of carbonyl (C=O) groups is 2. The van der Waals surface area contributed by atoms with Crippen molar-refractivity contribution in [2.24, 2.45) is 0 Å². The molecular weight excluding hydrogens is 442 g/mol. The number of amides is 1. The number of halogens is 3. The maximum atomic E-state index is 13.3. The van der Waals surface area contributed by atoms with Crippen LogP contribution in [0.25, 0.3) is 0 Å². The molecule has 0 radical (unpaired) electrons. The number of benzene rings is 2. The van der Waals surface area contributed by atoms with E-state index in [4.69, 9.17) is 16.3 Å². The first-order valence-electron chi connectivity index (χ1n) is 8.69. The van der Waals surface area contributed by atoms with Crippen LogP contribution in [0.2, 0.25) is 5.02 Å². The van der Waals surface area contributed by atoms with Crippen molar-refractivity contribution in [2.45, 2.75) is 37.8 Å². The number of carbonyl (C=O) groups excluding carboxylic acids is 2. The standard InChI is InChI=1S/C19H19ClF2N2O5S/c1-10(2)24-30(27,28)13-6-4-12(5-7-13)23-18(25)11(3)29-19(26)14-8-16(21)17(22)9-15(14)20/h4-11,24H,1-3H3,(H,23,25). The third kappa shape index (κ3) is 5.97. The van der Waals surface area contributed by atoms with E-state index in [1.165, 1.54) is 31.2 Å². The molecule has 0 aliphatic heterocycles. The van der Waals surface area contributed by atoms with Gasteiger partial charge < -0.3 is 10.1 Å². The number of hydrogen-bond donors (Lipinski definition) is 2. The van der Waals surface area contributed by atoms with Crippen molar-refractivity contribution in [3.63, 3.8) is 0 Å². The molecule has 0 bridgehead atoms. The molecular formula is C19H19ClF2N2O5S. The average molecular weight is 461 g/mol. The molecule has 2 rings (SSSR count). The van der Waals surface area contributed by atoms with Gasteiger partial charge >= 0.3 is 5.97 Å². The van der Waals surface area contributed by atoms with Crippen molar-refractivity contribution in [3.8, 4) is 0 Å². The van der Waals surface area contributed by atoms with Gasteiger partial charge in [-0.2, -0.15) is 0 Å². The van der Waals surface area contributed by atoms with Crippen molar-refractivity contribution in [1.29, 1.82) is 0 Å². The van der Waals surface area contributed by atoms with Crippen LogP contribution in [-0.4, -0.2) is 32.4 Å². The number of nitrogens with one attached hydrogen (secondary N) is 2. The lowest BCUT2D eigenvalue weighted by Gasteiger charge is -2.15. The molecule has 1 atom stereocenters. The molecule has 162 valence electrons. The van der Waals surface area contributed by atoms with Crippen LogP contribution in [0.1, 0.15) is 31.1 Å². The zero-order valence-corrected chi connectivity index (χ0v) is 17.8.